The smallest absolute Gasteiger partial charge is 0.319 e. The van der Waals surface area contributed by atoms with Crippen LogP contribution in [0.3, 0.4) is 0 Å². The Kier molecular flexibility index (Phi) is 6.89. The lowest BCUT2D eigenvalue weighted by molar-refractivity contribution is -0.118. The van der Waals surface area contributed by atoms with Crippen LogP contribution in [-0.2, 0) is 4.79 Å². The maximum atomic E-state index is 11.9. The Hall–Kier alpha value is -2.04. The topological polar surface area (TPSA) is 70.2 Å². The Labute approximate surface area is 132 Å². The van der Waals surface area contributed by atoms with Crippen LogP contribution in [0.25, 0.3) is 0 Å². The van der Waals surface area contributed by atoms with Crippen LogP contribution >= 0.6 is 0 Å². The molecule has 0 unspecified atom stereocenters. The van der Waals surface area contributed by atoms with E-state index in [9.17, 15) is 9.59 Å². The monoisotopic (exact) mass is 305 g/mol. The van der Waals surface area contributed by atoms with Crippen molar-refractivity contribution in [3.8, 4) is 0 Å². The molecule has 0 heterocycles. The van der Waals surface area contributed by atoms with Crippen LogP contribution < -0.4 is 16.0 Å². The highest BCUT2D eigenvalue weighted by atomic mass is 16.2. The van der Waals surface area contributed by atoms with Gasteiger partial charge in [0.25, 0.3) is 0 Å². The number of aryl methyl sites for hydroxylation is 1. The Balaban J connectivity index is 2.66. The summed E-state index contributed by atoms with van der Waals surface area (Å²) < 4.78 is 0. The van der Waals surface area contributed by atoms with E-state index in [1.807, 2.05) is 32.9 Å². The Morgan fingerprint density at radius 2 is 1.77 bits per heavy atom. The Morgan fingerprint density at radius 3 is 2.36 bits per heavy atom. The quantitative estimate of drug-likeness (QED) is 0.749. The van der Waals surface area contributed by atoms with Crippen molar-refractivity contribution < 1.29 is 9.59 Å². The first-order valence-corrected chi connectivity index (χ1v) is 7.76. The van der Waals surface area contributed by atoms with Crippen LogP contribution in [0.15, 0.2) is 18.2 Å². The van der Waals surface area contributed by atoms with Crippen LogP contribution in [0, 0.1) is 18.8 Å². The lowest BCUT2D eigenvalue weighted by Gasteiger charge is -2.13. The molecule has 1 rings (SSSR count). The maximum absolute atomic E-state index is 11.9. The minimum absolute atomic E-state index is 0.0452. The molecule has 0 bridgehead atoms. The summed E-state index contributed by atoms with van der Waals surface area (Å²) in [7, 11) is 0. The van der Waals surface area contributed by atoms with Crippen molar-refractivity contribution in [2.24, 2.45) is 11.8 Å². The van der Waals surface area contributed by atoms with E-state index in [-0.39, 0.29) is 17.9 Å². The normalized spacial score (nSPS) is 10.7. The van der Waals surface area contributed by atoms with Crippen molar-refractivity contribution in [2.45, 2.75) is 41.0 Å². The second kappa shape index (κ2) is 8.41. The molecule has 0 aromatic heterocycles. The molecule has 0 aliphatic heterocycles. The zero-order valence-corrected chi connectivity index (χ0v) is 14.1. The molecule has 1 aromatic carbocycles. The predicted molar refractivity (Wildman–Crippen MR) is 91.1 cm³/mol. The standard InChI is InChI=1S/C17H27N3O2/c1-11(2)8-9-18-17(22)20-15-10-14(7-6-13(15)5)19-16(21)12(3)4/h6-7,10-12H,8-9H2,1-5H3,(H,19,21)(H2,18,20,22). The van der Waals surface area contributed by atoms with Crippen molar-refractivity contribution in [1.82, 2.24) is 5.32 Å². The molecule has 0 saturated heterocycles. The van der Waals surface area contributed by atoms with Gasteiger partial charge in [-0.1, -0.05) is 33.8 Å². The molecule has 0 aliphatic rings. The molecule has 0 radical (unpaired) electrons. The van der Waals surface area contributed by atoms with Crippen LogP contribution in [0.1, 0.15) is 39.7 Å². The molecule has 0 spiro atoms. The summed E-state index contributed by atoms with van der Waals surface area (Å²) in [5, 5.41) is 8.49. The molecule has 3 N–H and O–H groups in total. The zero-order chi connectivity index (χ0) is 16.7. The van der Waals surface area contributed by atoms with Crippen LogP contribution in [0.4, 0.5) is 16.2 Å². The number of anilines is 2. The average Bonchev–Trinajstić information content (AvgIpc) is 2.41. The number of hydrogen-bond donors (Lipinski definition) is 3. The SMILES string of the molecule is Cc1ccc(NC(=O)C(C)C)cc1NC(=O)NCCC(C)C. The van der Waals surface area contributed by atoms with Gasteiger partial charge in [0.15, 0.2) is 0 Å². The van der Waals surface area contributed by atoms with Gasteiger partial charge in [0.05, 0.1) is 0 Å². The van der Waals surface area contributed by atoms with E-state index in [1.165, 1.54) is 0 Å². The predicted octanol–water partition coefficient (Wildman–Crippen LogP) is 3.76. The number of rotatable bonds is 6. The summed E-state index contributed by atoms with van der Waals surface area (Å²) >= 11 is 0. The van der Waals surface area contributed by atoms with Crippen LogP contribution in [0.2, 0.25) is 0 Å². The number of carbonyl (C=O) groups is 2. The molecular weight excluding hydrogens is 278 g/mol. The molecule has 0 fully saturated rings. The van der Waals surface area contributed by atoms with Gasteiger partial charge in [-0.25, -0.2) is 4.79 Å². The van der Waals surface area contributed by atoms with Crippen LogP contribution in [-0.4, -0.2) is 18.5 Å². The van der Waals surface area contributed by atoms with Crippen molar-refractivity contribution >= 4 is 23.3 Å². The van der Waals surface area contributed by atoms with Gasteiger partial charge in [0, 0.05) is 23.8 Å². The highest BCUT2D eigenvalue weighted by Gasteiger charge is 2.09. The summed E-state index contributed by atoms with van der Waals surface area (Å²) in [6, 6.07) is 5.26. The van der Waals surface area contributed by atoms with E-state index in [0.717, 1.165) is 12.0 Å². The third-order valence-electron chi connectivity index (χ3n) is 3.28. The van der Waals surface area contributed by atoms with E-state index < -0.39 is 0 Å². The summed E-state index contributed by atoms with van der Waals surface area (Å²) in [6.45, 7) is 10.5. The third-order valence-corrected chi connectivity index (χ3v) is 3.28. The maximum Gasteiger partial charge on any atom is 0.319 e. The minimum Gasteiger partial charge on any atom is -0.338 e. The largest absolute Gasteiger partial charge is 0.338 e. The first-order valence-electron chi connectivity index (χ1n) is 7.76. The van der Waals surface area contributed by atoms with Gasteiger partial charge in [-0.3, -0.25) is 4.79 Å². The van der Waals surface area contributed by atoms with Gasteiger partial charge in [-0.15, -0.1) is 0 Å². The fraction of sp³-hybridized carbons (Fsp3) is 0.529. The van der Waals surface area contributed by atoms with Crippen molar-refractivity contribution in [1.29, 1.82) is 0 Å². The molecule has 22 heavy (non-hydrogen) atoms. The van der Waals surface area contributed by atoms with Gasteiger partial charge in [-0.05, 0) is 37.0 Å². The second-order valence-electron chi connectivity index (χ2n) is 6.24. The van der Waals surface area contributed by atoms with E-state index in [4.69, 9.17) is 0 Å². The molecule has 0 aliphatic carbocycles. The molecule has 3 amide bonds. The average molecular weight is 305 g/mol. The summed E-state index contributed by atoms with van der Waals surface area (Å²) in [5.41, 5.74) is 2.33. The summed E-state index contributed by atoms with van der Waals surface area (Å²) in [5.74, 6) is 0.421. The highest BCUT2D eigenvalue weighted by molar-refractivity contribution is 5.94. The lowest BCUT2D eigenvalue weighted by atomic mass is 10.1. The van der Waals surface area contributed by atoms with E-state index in [0.29, 0.717) is 23.8 Å². The number of hydrogen-bond acceptors (Lipinski definition) is 2. The van der Waals surface area contributed by atoms with Crippen molar-refractivity contribution in [3.05, 3.63) is 23.8 Å². The first kappa shape index (κ1) is 18.0. The fourth-order valence-electron chi connectivity index (χ4n) is 1.76. The van der Waals surface area contributed by atoms with Crippen LogP contribution in [0.5, 0.6) is 0 Å². The number of amides is 3. The Bertz CT molecular complexity index is 525. The highest BCUT2D eigenvalue weighted by Crippen LogP contribution is 2.20. The first-order chi connectivity index (χ1) is 10.3. The van der Waals surface area contributed by atoms with Gasteiger partial charge in [0.2, 0.25) is 5.91 Å². The molecule has 5 heteroatoms. The molecule has 0 saturated carbocycles. The van der Waals surface area contributed by atoms with Gasteiger partial charge >= 0.3 is 6.03 Å². The Morgan fingerprint density at radius 1 is 1.09 bits per heavy atom. The van der Waals surface area contributed by atoms with E-state index >= 15 is 0 Å². The fourth-order valence-corrected chi connectivity index (χ4v) is 1.76. The summed E-state index contributed by atoms with van der Waals surface area (Å²) in [6.07, 6.45) is 0.941. The second-order valence-corrected chi connectivity index (χ2v) is 6.24. The zero-order valence-electron chi connectivity index (χ0n) is 14.1. The molecule has 5 nitrogen and oxygen atoms in total. The number of carbonyl (C=O) groups excluding carboxylic acids is 2. The molecule has 0 atom stereocenters. The lowest BCUT2D eigenvalue weighted by Crippen LogP contribution is -2.30. The van der Waals surface area contributed by atoms with Gasteiger partial charge < -0.3 is 16.0 Å². The minimum atomic E-state index is -0.226. The van der Waals surface area contributed by atoms with E-state index in [2.05, 4.69) is 29.8 Å². The number of benzene rings is 1. The summed E-state index contributed by atoms with van der Waals surface area (Å²) in [4.78, 5) is 23.6. The molecular formula is C17H27N3O2. The number of urea groups is 1. The van der Waals surface area contributed by atoms with E-state index in [1.54, 1.807) is 6.07 Å². The van der Waals surface area contributed by atoms with Gasteiger partial charge in [0.1, 0.15) is 0 Å². The third kappa shape index (κ3) is 6.16. The van der Waals surface area contributed by atoms with Crippen molar-refractivity contribution in [2.75, 3.05) is 17.2 Å². The van der Waals surface area contributed by atoms with Crippen molar-refractivity contribution in [3.63, 3.8) is 0 Å². The number of nitrogens with one attached hydrogen (secondary N) is 3. The molecule has 1 aromatic rings. The van der Waals surface area contributed by atoms with Gasteiger partial charge in [-0.2, -0.15) is 0 Å². The molecule has 122 valence electrons.